The van der Waals surface area contributed by atoms with E-state index in [1.54, 1.807) is 0 Å². The maximum Gasteiger partial charge on any atom is 0.173 e. The molecule has 0 spiro atoms. The molecule has 1 aliphatic carbocycles. The zero-order valence-corrected chi connectivity index (χ0v) is 11.1. The first-order valence-electron chi connectivity index (χ1n) is 6.13. The summed E-state index contributed by atoms with van der Waals surface area (Å²) in [4.78, 5) is 16.9. The van der Waals surface area contributed by atoms with Crippen LogP contribution in [-0.4, -0.2) is 12.0 Å². The van der Waals surface area contributed by atoms with Crippen LogP contribution in [0.4, 0.5) is 5.69 Å². The minimum Gasteiger partial charge on any atom is -0.293 e. The lowest BCUT2D eigenvalue weighted by Gasteiger charge is -2.22. The largest absolute Gasteiger partial charge is 0.293 e. The Hall–Kier alpha value is -0.960. The number of benzene rings is 1. The van der Waals surface area contributed by atoms with Gasteiger partial charge in [-0.25, -0.2) is 0 Å². The second-order valence-corrected chi connectivity index (χ2v) is 5.79. The SMILES string of the molecule is O=C1c2ccc(Br)cc2N=CC1C1CCCC1. The lowest BCUT2D eigenvalue weighted by molar-refractivity contribution is 0.0924. The Morgan fingerprint density at radius 2 is 2.00 bits per heavy atom. The van der Waals surface area contributed by atoms with E-state index in [1.807, 2.05) is 24.4 Å². The Balaban J connectivity index is 1.95. The van der Waals surface area contributed by atoms with E-state index < -0.39 is 0 Å². The molecule has 1 saturated carbocycles. The first kappa shape index (κ1) is 11.1. The van der Waals surface area contributed by atoms with Gasteiger partial charge in [0.25, 0.3) is 0 Å². The summed E-state index contributed by atoms with van der Waals surface area (Å²) >= 11 is 3.41. The third-order valence-electron chi connectivity index (χ3n) is 3.81. The van der Waals surface area contributed by atoms with E-state index in [4.69, 9.17) is 0 Å². The number of aliphatic imine (C=N–C) groups is 1. The third kappa shape index (κ3) is 1.97. The first-order chi connectivity index (χ1) is 8.25. The van der Waals surface area contributed by atoms with Crippen LogP contribution in [0.1, 0.15) is 36.0 Å². The molecule has 0 amide bonds. The lowest BCUT2D eigenvalue weighted by atomic mass is 9.83. The zero-order chi connectivity index (χ0) is 11.8. The van der Waals surface area contributed by atoms with Crippen molar-refractivity contribution in [1.82, 2.24) is 0 Å². The van der Waals surface area contributed by atoms with Crippen LogP contribution in [0.5, 0.6) is 0 Å². The molecule has 0 saturated heterocycles. The fourth-order valence-corrected chi connectivity index (χ4v) is 3.23. The van der Waals surface area contributed by atoms with Crippen molar-refractivity contribution in [3.8, 4) is 0 Å². The summed E-state index contributed by atoms with van der Waals surface area (Å²) in [6, 6.07) is 5.72. The van der Waals surface area contributed by atoms with E-state index in [1.165, 1.54) is 25.7 Å². The lowest BCUT2D eigenvalue weighted by Crippen LogP contribution is -2.26. The first-order valence-corrected chi connectivity index (χ1v) is 6.93. The quantitative estimate of drug-likeness (QED) is 0.764. The monoisotopic (exact) mass is 291 g/mol. The fourth-order valence-electron chi connectivity index (χ4n) is 2.88. The molecule has 0 aromatic heterocycles. The average molecular weight is 292 g/mol. The van der Waals surface area contributed by atoms with E-state index in [-0.39, 0.29) is 11.7 Å². The topological polar surface area (TPSA) is 29.4 Å². The number of ketones is 1. The van der Waals surface area contributed by atoms with Gasteiger partial charge in [-0.15, -0.1) is 0 Å². The predicted octanol–water partition coefficient (Wildman–Crippen LogP) is 4.15. The average Bonchev–Trinajstić information content (AvgIpc) is 2.82. The standard InChI is InChI=1S/C14H14BrNO/c15-10-5-6-11-13(7-10)16-8-12(14(11)17)9-3-1-2-4-9/h5-9,12H,1-4H2. The van der Waals surface area contributed by atoms with Gasteiger partial charge in [-0.05, 0) is 37.0 Å². The molecular formula is C14H14BrNO. The summed E-state index contributed by atoms with van der Waals surface area (Å²) in [5.74, 6) is 0.795. The molecule has 3 rings (SSSR count). The van der Waals surface area contributed by atoms with Crippen molar-refractivity contribution in [1.29, 1.82) is 0 Å². The van der Waals surface area contributed by atoms with Gasteiger partial charge in [0, 0.05) is 16.3 Å². The highest BCUT2D eigenvalue weighted by atomic mass is 79.9. The van der Waals surface area contributed by atoms with E-state index in [9.17, 15) is 4.79 Å². The van der Waals surface area contributed by atoms with Gasteiger partial charge in [-0.1, -0.05) is 28.8 Å². The van der Waals surface area contributed by atoms with Crippen LogP contribution in [0.15, 0.2) is 27.7 Å². The molecule has 88 valence electrons. The van der Waals surface area contributed by atoms with Gasteiger partial charge >= 0.3 is 0 Å². The molecule has 2 nitrogen and oxygen atoms in total. The minimum atomic E-state index is 0.0196. The highest BCUT2D eigenvalue weighted by Crippen LogP contribution is 2.37. The van der Waals surface area contributed by atoms with Gasteiger partial charge in [0.1, 0.15) is 0 Å². The summed E-state index contributed by atoms with van der Waals surface area (Å²) in [6.07, 6.45) is 6.74. The summed E-state index contributed by atoms with van der Waals surface area (Å²) in [5.41, 5.74) is 1.59. The Kier molecular flexibility index (Phi) is 2.87. The molecule has 1 unspecified atom stereocenters. The summed E-state index contributed by atoms with van der Waals surface area (Å²) in [5, 5.41) is 0. The Morgan fingerprint density at radius 1 is 1.24 bits per heavy atom. The summed E-state index contributed by atoms with van der Waals surface area (Å²) < 4.78 is 0.973. The Bertz CT molecular complexity index is 489. The number of Topliss-reactive ketones (excluding diaryl/α,β-unsaturated/α-hetero) is 1. The third-order valence-corrected chi connectivity index (χ3v) is 4.30. The molecule has 0 N–H and O–H groups in total. The van der Waals surface area contributed by atoms with Crippen LogP contribution in [0.3, 0.4) is 0 Å². The minimum absolute atomic E-state index is 0.0196. The van der Waals surface area contributed by atoms with Gasteiger partial charge in [0.05, 0.1) is 11.6 Å². The normalized spacial score (nSPS) is 24.1. The van der Waals surface area contributed by atoms with Crippen LogP contribution >= 0.6 is 15.9 Å². The van der Waals surface area contributed by atoms with Gasteiger partial charge in [0.15, 0.2) is 5.78 Å². The predicted molar refractivity (Wildman–Crippen MR) is 72.1 cm³/mol. The smallest absolute Gasteiger partial charge is 0.173 e. The molecule has 0 radical (unpaired) electrons. The van der Waals surface area contributed by atoms with E-state index in [2.05, 4.69) is 20.9 Å². The number of fused-ring (bicyclic) bond motifs is 1. The molecular weight excluding hydrogens is 278 g/mol. The summed E-state index contributed by atoms with van der Waals surface area (Å²) in [6.45, 7) is 0. The van der Waals surface area contributed by atoms with Crippen LogP contribution in [0.2, 0.25) is 0 Å². The van der Waals surface area contributed by atoms with Crippen molar-refractivity contribution in [3.63, 3.8) is 0 Å². The summed E-state index contributed by atoms with van der Waals surface area (Å²) in [7, 11) is 0. The molecule has 1 heterocycles. The number of rotatable bonds is 1. The van der Waals surface area contributed by atoms with Crippen LogP contribution < -0.4 is 0 Å². The molecule has 1 aromatic carbocycles. The molecule has 1 aromatic rings. The molecule has 3 heteroatoms. The van der Waals surface area contributed by atoms with Gasteiger partial charge in [-0.2, -0.15) is 0 Å². The highest BCUT2D eigenvalue weighted by molar-refractivity contribution is 9.10. The zero-order valence-electron chi connectivity index (χ0n) is 9.53. The molecule has 1 atom stereocenters. The van der Waals surface area contributed by atoms with Crippen molar-refractivity contribution < 1.29 is 4.79 Å². The number of carbonyl (C=O) groups excluding carboxylic acids is 1. The number of halogens is 1. The Labute approximate surface area is 109 Å². The van der Waals surface area contributed by atoms with Crippen LogP contribution in [0, 0.1) is 11.8 Å². The van der Waals surface area contributed by atoms with Crippen molar-refractivity contribution >= 4 is 33.6 Å². The van der Waals surface area contributed by atoms with Crippen LogP contribution in [0.25, 0.3) is 0 Å². The number of hydrogen-bond donors (Lipinski definition) is 0. The number of hydrogen-bond acceptors (Lipinski definition) is 2. The van der Waals surface area contributed by atoms with Crippen molar-refractivity contribution in [2.24, 2.45) is 16.8 Å². The van der Waals surface area contributed by atoms with Gasteiger partial charge in [0.2, 0.25) is 0 Å². The second-order valence-electron chi connectivity index (χ2n) is 4.87. The maximum atomic E-state index is 12.4. The fraction of sp³-hybridized carbons (Fsp3) is 0.429. The molecule has 0 bridgehead atoms. The molecule has 2 aliphatic rings. The molecule has 1 aliphatic heterocycles. The highest BCUT2D eigenvalue weighted by Gasteiger charge is 2.33. The second kappa shape index (κ2) is 4.37. The maximum absolute atomic E-state index is 12.4. The van der Waals surface area contributed by atoms with Crippen molar-refractivity contribution in [2.75, 3.05) is 0 Å². The van der Waals surface area contributed by atoms with Gasteiger partial charge < -0.3 is 0 Å². The van der Waals surface area contributed by atoms with Crippen LogP contribution in [-0.2, 0) is 0 Å². The van der Waals surface area contributed by atoms with E-state index >= 15 is 0 Å². The molecule has 1 fully saturated rings. The number of nitrogens with zero attached hydrogens (tertiary/aromatic N) is 1. The number of carbonyl (C=O) groups is 1. The van der Waals surface area contributed by atoms with Gasteiger partial charge in [-0.3, -0.25) is 9.79 Å². The Morgan fingerprint density at radius 3 is 2.76 bits per heavy atom. The van der Waals surface area contributed by atoms with E-state index in [0.717, 1.165) is 15.7 Å². The van der Waals surface area contributed by atoms with Crippen molar-refractivity contribution in [2.45, 2.75) is 25.7 Å². The van der Waals surface area contributed by atoms with Crippen molar-refractivity contribution in [3.05, 3.63) is 28.2 Å². The molecule has 17 heavy (non-hydrogen) atoms. The van der Waals surface area contributed by atoms with E-state index in [0.29, 0.717) is 5.92 Å².